The van der Waals surface area contributed by atoms with Crippen molar-refractivity contribution in [2.75, 3.05) is 7.05 Å². The van der Waals surface area contributed by atoms with Crippen molar-refractivity contribution in [1.82, 2.24) is 5.32 Å². The van der Waals surface area contributed by atoms with Crippen molar-refractivity contribution in [2.45, 2.75) is 19.8 Å². The van der Waals surface area contributed by atoms with Gasteiger partial charge in [0.25, 0.3) is 0 Å². The predicted octanol–water partition coefficient (Wildman–Crippen LogP) is 2.39. The van der Waals surface area contributed by atoms with Gasteiger partial charge >= 0.3 is 0 Å². The molecule has 1 rings (SSSR count). The maximum atomic E-state index is 3.19. The number of hydrogen-bond acceptors (Lipinski definition) is 1. The summed E-state index contributed by atoms with van der Waals surface area (Å²) >= 11 is 0. The van der Waals surface area contributed by atoms with Crippen LogP contribution in [0.5, 0.6) is 0 Å². The summed E-state index contributed by atoms with van der Waals surface area (Å²) in [5, 5.41) is 3.19. The first-order chi connectivity index (χ1) is 5.38. The normalized spacial score (nSPS) is 16.9. The van der Waals surface area contributed by atoms with Crippen LogP contribution in [0.25, 0.3) is 0 Å². The zero-order chi connectivity index (χ0) is 8.10. The molecule has 0 heterocycles. The van der Waals surface area contributed by atoms with Gasteiger partial charge in [0.15, 0.2) is 0 Å². The molecule has 60 valence electrons. The van der Waals surface area contributed by atoms with Crippen LogP contribution in [-0.2, 0) is 0 Å². The molecule has 1 N–H and O–H groups in total. The SMILES string of the molecule is CCC1=CCC=CC=C1NC. The van der Waals surface area contributed by atoms with Gasteiger partial charge < -0.3 is 5.32 Å². The van der Waals surface area contributed by atoms with Gasteiger partial charge in [0.2, 0.25) is 0 Å². The van der Waals surface area contributed by atoms with Crippen molar-refractivity contribution in [3.05, 3.63) is 35.6 Å². The fourth-order valence-electron chi connectivity index (χ4n) is 1.25. The van der Waals surface area contributed by atoms with E-state index in [-0.39, 0.29) is 0 Å². The van der Waals surface area contributed by atoms with Crippen molar-refractivity contribution in [3.63, 3.8) is 0 Å². The summed E-state index contributed by atoms with van der Waals surface area (Å²) < 4.78 is 0. The number of rotatable bonds is 2. The van der Waals surface area contributed by atoms with Crippen LogP contribution in [-0.4, -0.2) is 7.05 Å². The highest BCUT2D eigenvalue weighted by atomic mass is 14.8. The van der Waals surface area contributed by atoms with Crippen LogP contribution in [0.1, 0.15) is 19.8 Å². The molecule has 0 atom stereocenters. The second-order valence-electron chi connectivity index (χ2n) is 2.58. The Hall–Kier alpha value is -0.980. The van der Waals surface area contributed by atoms with Gasteiger partial charge in [0, 0.05) is 12.7 Å². The molecule has 0 saturated heterocycles. The van der Waals surface area contributed by atoms with Crippen LogP contribution < -0.4 is 5.32 Å². The molecule has 0 aromatic carbocycles. The molecular weight excluding hydrogens is 134 g/mol. The minimum absolute atomic E-state index is 1.06. The fraction of sp³-hybridized carbons (Fsp3) is 0.400. The van der Waals surface area contributed by atoms with Crippen molar-refractivity contribution < 1.29 is 0 Å². The van der Waals surface area contributed by atoms with Gasteiger partial charge in [-0.1, -0.05) is 25.2 Å². The first-order valence-corrected chi connectivity index (χ1v) is 4.12. The molecule has 1 aliphatic rings. The molecule has 11 heavy (non-hydrogen) atoms. The molecule has 0 unspecified atom stereocenters. The van der Waals surface area contributed by atoms with E-state index in [0.29, 0.717) is 0 Å². The second-order valence-corrected chi connectivity index (χ2v) is 2.58. The summed E-state index contributed by atoms with van der Waals surface area (Å²) in [4.78, 5) is 0. The standard InChI is InChI=1S/C10H15N/c1-3-9-7-5-4-6-8-10(9)11-2/h4,6-8,11H,3,5H2,1-2H3. The van der Waals surface area contributed by atoms with Crippen molar-refractivity contribution >= 4 is 0 Å². The lowest BCUT2D eigenvalue weighted by Gasteiger charge is -2.07. The number of nitrogens with one attached hydrogen (secondary N) is 1. The minimum atomic E-state index is 1.06. The first-order valence-electron chi connectivity index (χ1n) is 4.12. The molecular formula is C10H15N. The Bertz CT molecular complexity index is 209. The summed E-state index contributed by atoms with van der Waals surface area (Å²) in [6.07, 6.45) is 10.8. The quantitative estimate of drug-likeness (QED) is 0.635. The number of hydrogen-bond donors (Lipinski definition) is 1. The zero-order valence-corrected chi connectivity index (χ0v) is 7.22. The molecule has 0 aromatic rings. The third-order valence-corrected chi connectivity index (χ3v) is 1.90. The summed E-state index contributed by atoms with van der Waals surface area (Å²) in [6, 6.07) is 0. The minimum Gasteiger partial charge on any atom is -0.388 e. The second kappa shape index (κ2) is 4.02. The highest BCUT2D eigenvalue weighted by molar-refractivity contribution is 5.34. The predicted molar refractivity (Wildman–Crippen MR) is 49.3 cm³/mol. The summed E-state index contributed by atoms with van der Waals surface area (Å²) in [5.41, 5.74) is 2.67. The van der Waals surface area contributed by atoms with Gasteiger partial charge in [-0.2, -0.15) is 0 Å². The van der Waals surface area contributed by atoms with E-state index < -0.39 is 0 Å². The summed E-state index contributed by atoms with van der Waals surface area (Å²) in [7, 11) is 1.97. The Balaban J connectivity index is 2.82. The van der Waals surface area contributed by atoms with E-state index in [9.17, 15) is 0 Å². The third kappa shape index (κ3) is 1.97. The molecule has 1 aliphatic carbocycles. The molecule has 0 bridgehead atoms. The molecule has 0 saturated carbocycles. The van der Waals surface area contributed by atoms with E-state index in [2.05, 4.69) is 36.5 Å². The Morgan fingerprint density at radius 2 is 2.36 bits per heavy atom. The van der Waals surface area contributed by atoms with Crippen LogP contribution in [0.2, 0.25) is 0 Å². The maximum absolute atomic E-state index is 3.19. The average Bonchev–Trinajstić information content (AvgIpc) is 2.27. The van der Waals surface area contributed by atoms with E-state index in [1.807, 2.05) is 7.05 Å². The van der Waals surface area contributed by atoms with Gasteiger partial charge in [-0.05, 0) is 24.5 Å². The Morgan fingerprint density at radius 1 is 1.55 bits per heavy atom. The summed E-state index contributed by atoms with van der Waals surface area (Å²) in [5.74, 6) is 0. The van der Waals surface area contributed by atoms with E-state index >= 15 is 0 Å². The van der Waals surface area contributed by atoms with Gasteiger partial charge in [0.1, 0.15) is 0 Å². The van der Waals surface area contributed by atoms with Gasteiger partial charge in [-0.25, -0.2) is 0 Å². The Morgan fingerprint density at radius 3 is 3.00 bits per heavy atom. The van der Waals surface area contributed by atoms with Crippen LogP contribution in [0.3, 0.4) is 0 Å². The lowest BCUT2D eigenvalue weighted by atomic mass is 10.1. The molecule has 1 heteroatoms. The topological polar surface area (TPSA) is 12.0 Å². The number of allylic oxidation sites excluding steroid dienone is 5. The lowest BCUT2D eigenvalue weighted by molar-refractivity contribution is 0.950. The van der Waals surface area contributed by atoms with Gasteiger partial charge in [-0.15, -0.1) is 0 Å². The van der Waals surface area contributed by atoms with Crippen LogP contribution in [0.15, 0.2) is 35.6 Å². The Kier molecular flexibility index (Phi) is 2.96. The van der Waals surface area contributed by atoms with Crippen LogP contribution in [0.4, 0.5) is 0 Å². The van der Waals surface area contributed by atoms with Crippen LogP contribution >= 0.6 is 0 Å². The Labute approximate surface area is 68.5 Å². The molecule has 0 radical (unpaired) electrons. The monoisotopic (exact) mass is 149 g/mol. The highest BCUT2D eigenvalue weighted by Crippen LogP contribution is 2.14. The molecule has 1 nitrogen and oxygen atoms in total. The van der Waals surface area contributed by atoms with Crippen molar-refractivity contribution in [3.8, 4) is 0 Å². The smallest absolute Gasteiger partial charge is 0.0366 e. The van der Waals surface area contributed by atoms with Crippen molar-refractivity contribution in [2.24, 2.45) is 0 Å². The fourth-order valence-corrected chi connectivity index (χ4v) is 1.25. The molecule has 0 aromatic heterocycles. The average molecular weight is 149 g/mol. The van der Waals surface area contributed by atoms with Crippen molar-refractivity contribution in [1.29, 1.82) is 0 Å². The molecule has 0 spiro atoms. The largest absolute Gasteiger partial charge is 0.388 e. The molecule has 0 fully saturated rings. The lowest BCUT2D eigenvalue weighted by Crippen LogP contribution is -2.07. The number of likely N-dealkylation sites (N-methyl/N-ethyl adjacent to an activating group) is 1. The molecule has 0 amide bonds. The van der Waals surface area contributed by atoms with Crippen LogP contribution in [0, 0.1) is 0 Å². The highest BCUT2D eigenvalue weighted by Gasteiger charge is 1.99. The maximum Gasteiger partial charge on any atom is 0.0366 e. The van der Waals surface area contributed by atoms with Gasteiger partial charge in [-0.3, -0.25) is 0 Å². The summed E-state index contributed by atoms with van der Waals surface area (Å²) in [6.45, 7) is 2.18. The first kappa shape index (κ1) is 8.12. The van der Waals surface area contributed by atoms with E-state index in [0.717, 1.165) is 12.8 Å². The van der Waals surface area contributed by atoms with Gasteiger partial charge in [0.05, 0.1) is 0 Å². The van der Waals surface area contributed by atoms with E-state index in [4.69, 9.17) is 0 Å². The van der Waals surface area contributed by atoms with E-state index in [1.165, 1.54) is 11.3 Å². The third-order valence-electron chi connectivity index (χ3n) is 1.90. The zero-order valence-electron chi connectivity index (χ0n) is 7.22. The van der Waals surface area contributed by atoms with E-state index in [1.54, 1.807) is 0 Å². The molecule has 0 aliphatic heterocycles.